The maximum absolute atomic E-state index is 5.49. The maximum Gasteiger partial charge on any atom is 0.130 e. The summed E-state index contributed by atoms with van der Waals surface area (Å²) in [5, 5.41) is 1.18. The molecule has 0 N–H and O–H groups in total. The van der Waals surface area contributed by atoms with Gasteiger partial charge in [0.2, 0.25) is 0 Å². The molecule has 0 spiro atoms. The maximum atomic E-state index is 5.49. The molecule has 0 aliphatic carbocycles. The van der Waals surface area contributed by atoms with E-state index in [2.05, 4.69) is 28.3 Å². The van der Waals surface area contributed by atoms with Crippen LogP contribution in [-0.4, -0.2) is 6.61 Å². The van der Waals surface area contributed by atoms with E-state index in [1.54, 1.807) is 0 Å². The summed E-state index contributed by atoms with van der Waals surface area (Å²) in [4.78, 5) is 0. The number of hydrogen-bond acceptors (Lipinski definition) is 1. The standard InChI is InChI=1S/C9H11OP/c1-6-2-3-8(11)9-7(6)4-5-10-9/h2-3H,4-5,11H2,1H3. The minimum Gasteiger partial charge on any atom is -0.492 e. The van der Waals surface area contributed by atoms with Gasteiger partial charge in [-0.1, -0.05) is 12.1 Å². The van der Waals surface area contributed by atoms with Gasteiger partial charge in [-0.15, -0.1) is 9.24 Å². The molecule has 1 heterocycles. The molecule has 1 aliphatic rings. The molecule has 1 aromatic carbocycles. The first-order valence-corrected chi connectivity index (χ1v) is 4.37. The number of hydrogen-bond donors (Lipinski definition) is 0. The van der Waals surface area contributed by atoms with E-state index in [1.165, 1.54) is 16.4 Å². The molecule has 0 saturated heterocycles. The van der Waals surface area contributed by atoms with Crippen LogP contribution < -0.4 is 10.0 Å². The molecule has 1 unspecified atom stereocenters. The van der Waals surface area contributed by atoms with Gasteiger partial charge in [-0.3, -0.25) is 0 Å². The Kier molecular flexibility index (Phi) is 1.61. The molecule has 0 bridgehead atoms. The van der Waals surface area contributed by atoms with Crippen LogP contribution >= 0.6 is 9.24 Å². The molecule has 2 rings (SSSR count). The zero-order valence-electron chi connectivity index (χ0n) is 6.55. The van der Waals surface area contributed by atoms with Gasteiger partial charge < -0.3 is 4.74 Å². The Balaban J connectivity index is 2.64. The molecule has 1 atom stereocenters. The number of aryl methyl sites for hydroxylation is 1. The fraction of sp³-hybridized carbons (Fsp3) is 0.333. The lowest BCUT2D eigenvalue weighted by Crippen LogP contribution is -1.97. The van der Waals surface area contributed by atoms with Gasteiger partial charge in [-0.2, -0.15) is 0 Å². The third-order valence-electron chi connectivity index (χ3n) is 2.12. The van der Waals surface area contributed by atoms with E-state index >= 15 is 0 Å². The minimum atomic E-state index is 0.849. The van der Waals surface area contributed by atoms with E-state index in [9.17, 15) is 0 Å². The summed E-state index contributed by atoms with van der Waals surface area (Å²) < 4.78 is 5.49. The fourth-order valence-corrected chi connectivity index (χ4v) is 1.83. The molecule has 0 saturated carbocycles. The summed E-state index contributed by atoms with van der Waals surface area (Å²) in [6.07, 6.45) is 1.07. The highest BCUT2D eigenvalue weighted by molar-refractivity contribution is 7.27. The highest BCUT2D eigenvalue weighted by Crippen LogP contribution is 2.27. The van der Waals surface area contributed by atoms with Crippen molar-refractivity contribution in [2.24, 2.45) is 0 Å². The van der Waals surface area contributed by atoms with Crippen LogP contribution in [0.4, 0.5) is 0 Å². The molecule has 0 amide bonds. The molecule has 0 fully saturated rings. The molecule has 0 radical (unpaired) electrons. The normalized spacial score (nSPS) is 14.4. The van der Waals surface area contributed by atoms with Crippen LogP contribution in [0.2, 0.25) is 0 Å². The summed E-state index contributed by atoms with van der Waals surface area (Å²) in [7, 11) is 2.70. The predicted octanol–water partition coefficient (Wildman–Crippen LogP) is 1.43. The van der Waals surface area contributed by atoms with Crippen molar-refractivity contribution in [2.45, 2.75) is 13.3 Å². The smallest absolute Gasteiger partial charge is 0.130 e. The lowest BCUT2D eigenvalue weighted by molar-refractivity contribution is 0.359. The molecule has 58 valence electrons. The molecule has 2 heteroatoms. The lowest BCUT2D eigenvalue weighted by atomic mass is 10.1. The van der Waals surface area contributed by atoms with E-state index in [1.807, 2.05) is 0 Å². The second-order valence-corrected chi connectivity index (χ2v) is 3.50. The third-order valence-corrected chi connectivity index (χ3v) is 2.58. The number of ether oxygens (including phenoxy) is 1. The zero-order valence-corrected chi connectivity index (χ0v) is 7.71. The van der Waals surface area contributed by atoms with E-state index in [-0.39, 0.29) is 0 Å². The van der Waals surface area contributed by atoms with Gasteiger partial charge in [0.1, 0.15) is 5.75 Å². The van der Waals surface area contributed by atoms with Crippen LogP contribution in [0.3, 0.4) is 0 Å². The highest BCUT2D eigenvalue weighted by atomic mass is 31.0. The van der Waals surface area contributed by atoms with E-state index < -0.39 is 0 Å². The van der Waals surface area contributed by atoms with Crippen molar-refractivity contribution in [1.82, 2.24) is 0 Å². The minimum absolute atomic E-state index is 0.849. The largest absolute Gasteiger partial charge is 0.492 e. The van der Waals surface area contributed by atoms with Gasteiger partial charge in [0.05, 0.1) is 6.61 Å². The number of benzene rings is 1. The first-order chi connectivity index (χ1) is 5.29. The predicted molar refractivity (Wildman–Crippen MR) is 49.7 cm³/mol. The van der Waals surface area contributed by atoms with Crippen LogP contribution in [0.15, 0.2) is 12.1 Å². The van der Waals surface area contributed by atoms with Crippen molar-refractivity contribution >= 4 is 14.5 Å². The first kappa shape index (κ1) is 7.12. The fourth-order valence-electron chi connectivity index (χ4n) is 1.48. The summed E-state index contributed by atoms with van der Waals surface area (Å²) in [6, 6.07) is 4.24. The molecule has 1 aromatic rings. The summed E-state index contributed by atoms with van der Waals surface area (Å²) in [6.45, 7) is 2.99. The number of rotatable bonds is 0. The van der Waals surface area contributed by atoms with Gasteiger partial charge in [0, 0.05) is 17.3 Å². The first-order valence-electron chi connectivity index (χ1n) is 3.80. The lowest BCUT2D eigenvalue weighted by Gasteiger charge is -2.04. The average molecular weight is 166 g/mol. The molecule has 0 aromatic heterocycles. The van der Waals surface area contributed by atoms with Crippen LogP contribution in [0.5, 0.6) is 5.75 Å². The molecule has 11 heavy (non-hydrogen) atoms. The summed E-state index contributed by atoms with van der Waals surface area (Å²) in [5.41, 5.74) is 2.74. The number of fused-ring (bicyclic) bond motifs is 1. The second kappa shape index (κ2) is 2.49. The van der Waals surface area contributed by atoms with Crippen LogP contribution in [0, 0.1) is 6.92 Å². The molecular weight excluding hydrogens is 155 g/mol. The quantitative estimate of drug-likeness (QED) is 0.530. The van der Waals surface area contributed by atoms with E-state index in [0.717, 1.165) is 18.8 Å². The zero-order chi connectivity index (χ0) is 7.84. The Labute approximate surface area is 69.0 Å². The third kappa shape index (κ3) is 1.04. The Bertz CT molecular complexity index is 265. The average Bonchev–Trinajstić information content (AvgIpc) is 2.45. The van der Waals surface area contributed by atoms with Gasteiger partial charge >= 0.3 is 0 Å². The molecule has 1 nitrogen and oxygen atoms in total. The second-order valence-electron chi connectivity index (χ2n) is 2.88. The molecule has 1 aliphatic heterocycles. The summed E-state index contributed by atoms with van der Waals surface area (Å²) >= 11 is 0. The van der Waals surface area contributed by atoms with Crippen molar-refractivity contribution in [3.05, 3.63) is 23.3 Å². The van der Waals surface area contributed by atoms with Gasteiger partial charge in [0.25, 0.3) is 0 Å². The highest BCUT2D eigenvalue weighted by Gasteiger charge is 2.15. The Morgan fingerprint density at radius 3 is 3.00 bits per heavy atom. The van der Waals surface area contributed by atoms with Crippen molar-refractivity contribution in [3.63, 3.8) is 0 Å². The Morgan fingerprint density at radius 1 is 1.45 bits per heavy atom. The van der Waals surface area contributed by atoms with Crippen LogP contribution in [0.1, 0.15) is 11.1 Å². The van der Waals surface area contributed by atoms with Gasteiger partial charge in [0.15, 0.2) is 0 Å². The Hall–Kier alpha value is -0.550. The van der Waals surface area contributed by atoms with E-state index in [0.29, 0.717) is 0 Å². The van der Waals surface area contributed by atoms with Gasteiger partial charge in [-0.05, 0) is 12.5 Å². The van der Waals surface area contributed by atoms with Crippen molar-refractivity contribution in [1.29, 1.82) is 0 Å². The van der Waals surface area contributed by atoms with Gasteiger partial charge in [-0.25, -0.2) is 0 Å². The summed E-state index contributed by atoms with van der Waals surface area (Å²) in [5.74, 6) is 1.09. The Morgan fingerprint density at radius 2 is 2.27 bits per heavy atom. The monoisotopic (exact) mass is 166 g/mol. The van der Waals surface area contributed by atoms with E-state index in [4.69, 9.17) is 4.74 Å². The topological polar surface area (TPSA) is 9.23 Å². The van der Waals surface area contributed by atoms with Crippen molar-refractivity contribution < 1.29 is 4.74 Å². The molecular formula is C9H11OP. The van der Waals surface area contributed by atoms with Crippen LogP contribution in [-0.2, 0) is 6.42 Å². The SMILES string of the molecule is Cc1ccc(P)c2c1CCO2. The van der Waals surface area contributed by atoms with Crippen molar-refractivity contribution in [3.8, 4) is 5.75 Å². The van der Waals surface area contributed by atoms with Crippen LogP contribution in [0.25, 0.3) is 0 Å². The van der Waals surface area contributed by atoms with Crippen molar-refractivity contribution in [2.75, 3.05) is 6.61 Å².